The van der Waals surface area contributed by atoms with Crippen LogP contribution in [0.1, 0.15) is 50.2 Å². The minimum absolute atomic E-state index is 0.0290. The first-order valence-corrected chi connectivity index (χ1v) is 15.1. The molecule has 0 N–H and O–H groups in total. The number of ether oxygens (including phenoxy) is 7. The summed E-state index contributed by atoms with van der Waals surface area (Å²) in [5.74, 6) is -0.398. The summed E-state index contributed by atoms with van der Waals surface area (Å²) in [5, 5.41) is 0. The number of esters is 1. The van der Waals surface area contributed by atoms with Gasteiger partial charge in [0.25, 0.3) is 0 Å². The van der Waals surface area contributed by atoms with Crippen LogP contribution >= 0.6 is 0 Å². The van der Waals surface area contributed by atoms with Crippen molar-refractivity contribution in [2.24, 2.45) is 0 Å². The van der Waals surface area contributed by atoms with Crippen LogP contribution in [0.2, 0.25) is 0 Å². The smallest absolute Gasteiger partial charge is 0.309 e. The molecule has 1 unspecified atom stereocenters. The van der Waals surface area contributed by atoms with Crippen molar-refractivity contribution in [3.05, 3.63) is 120 Å². The van der Waals surface area contributed by atoms with Gasteiger partial charge in [-0.05, 0) is 31.9 Å². The van der Waals surface area contributed by atoms with Gasteiger partial charge in [-0.2, -0.15) is 0 Å². The van der Waals surface area contributed by atoms with E-state index in [9.17, 15) is 4.79 Å². The van der Waals surface area contributed by atoms with Gasteiger partial charge in [-0.1, -0.05) is 97.1 Å². The molecule has 2 fully saturated rings. The number of carbonyl (C=O) groups excluding carboxylic acids is 1. The molecule has 7 atom stereocenters. The molecule has 0 amide bonds. The number of carbonyl (C=O) groups is 1. The highest BCUT2D eigenvalue weighted by molar-refractivity contribution is 5.70. The third kappa shape index (κ3) is 8.85. The van der Waals surface area contributed by atoms with Crippen molar-refractivity contribution in [1.29, 1.82) is 0 Å². The zero-order chi connectivity index (χ0) is 30.9. The summed E-state index contributed by atoms with van der Waals surface area (Å²) in [6, 6.07) is 29.6. The zero-order valence-electron chi connectivity index (χ0n) is 25.6. The first-order chi connectivity index (χ1) is 21.3. The Morgan fingerprint density at radius 3 is 2.00 bits per heavy atom. The molecular weight excluding hydrogens is 560 g/mol. The summed E-state index contributed by atoms with van der Waals surface area (Å²) in [6.45, 7) is 10.3. The fourth-order valence-electron chi connectivity index (χ4n) is 5.24. The molecule has 8 nitrogen and oxygen atoms in total. The second kappa shape index (κ2) is 15.1. The van der Waals surface area contributed by atoms with Gasteiger partial charge in [0.15, 0.2) is 12.6 Å². The average molecular weight is 603 g/mol. The molecule has 2 heterocycles. The van der Waals surface area contributed by atoms with Crippen molar-refractivity contribution >= 4 is 5.97 Å². The number of benzene rings is 3. The van der Waals surface area contributed by atoms with Crippen molar-refractivity contribution in [3.8, 4) is 0 Å². The Balaban J connectivity index is 1.42. The third-order valence-electron chi connectivity index (χ3n) is 7.29. The normalized spacial score (nSPS) is 25.9. The van der Waals surface area contributed by atoms with E-state index in [2.05, 4.69) is 6.58 Å². The van der Waals surface area contributed by atoms with Crippen LogP contribution in [0.5, 0.6) is 0 Å². The average Bonchev–Trinajstić information content (AvgIpc) is 3.03. The molecule has 0 radical (unpaired) electrons. The predicted octanol–water partition coefficient (Wildman–Crippen LogP) is 6.30. The van der Waals surface area contributed by atoms with E-state index in [1.165, 1.54) is 0 Å². The lowest BCUT2D eigenvalue weighted by Crippen LogP contribution is -2.64. The second-order valence-corrected chi connectivity index (χ2v) is 11.9. The lowest BCUT2D eigenvalue weighted by atomic mass is 9.96. The molecule has 3 aromatic rings. The van der Waals surface area contributed by atoms with Crippen LogP contribution in [0.25, 0.3) is 0 Å². The highest BCUT2D eigenvalue weighted by atomic mass is 16.8. The Morgan fingerprint density at radius 1 is 0.864 bits per heavy atom. The molecule has 2 aliphatic rings. The molecule has 0 spiro atoms. The van der Waals surface area contributed by atoms with Crippen LogP contribution < -0.4 is 0 Å². The summed E-state index contributed by atoms with van der Waals surface area (Å²) < 4.78 is 44.3. The largest absolute Gasteiger partial charge is 0.460 e. The van der Waals surface area contributed by atoms with Crippen LogP contribution in [0, 0.1) is 0 Å². The zero-order valence-corrected chi connectivity index (χ0v) is 25.6. The van der Waals surface area contributed by atoms with Crippen LogP contribution in [-0.4, -0.2) is 55.0 Å². The first-order valence-electron chi connectivity index (χ1n) is 15.1. The molecule has 8 heteroatoms. The number of rotatable bonds is 12. The minimum Gasteiger partial charge on any atom is -0.460 e. The van der Waals surface area contributed by atoms with E-state index in [0.29, 0.717) is 13.2 Å². The van der Waals surface area contributed by atoms with Gasteiger partial charge in [-0.3, -0.25) is 4.79 Å². The molecule has 234 valence electrons. The minimum atomic E-state index is -0.911. The van der Waals surface area contributed by atoms with Crippen molar-refractivity contribution in [2.45, 2.75) is 89.1 Å². The molecule has 44 heavy (non-hydrogen) atoms. The molecule has 0 saturated carbocycles. The highest BCUT2D eigenvalue weighted by Gasteiger charge is 2.52. The molecule has 2 saturated heterocycles. The number of hydrogen-bond donors (Lipinski definition) is 0. The molecule has 0 aliphatic carbocycles. The monoisotopic (exact) mass is 602 g/mol. The van der Waals surface area contributed by atoms with Crippen molar-refractivity contribution < 1.29 is 38.0 Å². The van der Waals surface area contributed by atoms with Crippen LogP contribution in [0.4, 0.5) is 0 Å². The Labute approximate surface area is 259 Å². The van der Waals surface area contributed by atoms with Gasteiger partial charge >= 0.3 is 5.97 Å². The molecule has 2 aliphatic heterocycles. The van der Waals surface area contributed by atoms with E-state index in [1.54, 1.807) is 6.08 Å². The molecular formula is C36H42O8. The second-order valence-electron chi connectivity index (χ2n) is 11.9. The maximum atomic E-state index is 12.7. The molecule has 5 rings (SSSR count). The fraction of sp³-hybridized carbons (Fsp3) is 0.417. The van der Waals surface area contributed by atoms with E-state index >= 15 is 0 Å². The SMILES string of the molecule is C=C[C@@H](CC(=O)OC(C)(C)C)O[C@@H]1O[C@@H]2COC(c3ccccc3)O[C@H]2[C@H](OCc2ccccc2)[C@H]1OCc1ccccc1. The first kappa shape index (κ1) is 32.0. The standard InChI is InChI=1S/C36H42O8/c1-5-28(21-30(37)44-36(2,3)4)41-35-33(39-23-26-17-11-7-12-18-26)32(38-22-25-15-9-6-10-16-25)31-29(42-35)24-40-34(43-31)27-19-13-8-14-20-27/h5-20,28-29,31-35H,1,21-24H2,2-4H3/t28-,29+,31+,32-,33+,34?,35+/m0/s1. The summed E-state index contributed by atoms with van der Waals surface area (Å²) in [6.07, 6.45) is -2.98. The Bertz CT molecular complexity index is 1310. The summed E-state index contributed by atoms with van der Waals surface area (Å²) in [4.78, 5) is 12.7. The Morgan fingerprint density at radius 2 is 1.43 bits per heavy atom. The lowest BCUT2D eigenvalue weighted by Gasteiger charge is -2.49. The van der Waals surface area contributed by atoms with Gasteiger partial charge in [-0.15, -0.1) is 6.58 Å². The van der Waals surface area contributed by atoms with E-state index < -0.39 is 54.7 Å². The van der Waals surface area contributed by atoms with E-state index in [4.69, 9.17) is 33.2 Å². The quantitative estimate of drug-likeness (QED) is 0.177. The maximum Gasteiger partial charge on any atom is 0.309 e. The van der Waals surface area contributed by atoms with Gasteiger partial charge in [0.2, 0.25) is 0 Å². The summed E-state index contributed by atoms with van der Waals surface area (Å²) in [5.41, 5.74) is 2.27. The van der Waals surface area contributed by atoms with Gasteiger partial charge in [0.1, 0.15) is 30.0 Å². The fourth-order valence-corrected chi connectivity index (χ4v) is 5.24. The van der Waals surface area contributed by atoms with Gasteiger partial charge in [0.05, 0.1) is 32.3 Å². The van der Waals surface area contributed by atoms with Crippen LogP contribution in [0.15, 0.2) is 104 Å². The number of fused-ring (bicyclic) bond motifs is 1. The van der Waals surface area contributed by atoms with Crippen molar-refractivity contribution in [2.75, 3.05) is 6.61 Å². The number of hydrogen-bond acceptors (Lipinski definition) is 8. The van der Waals surface area contributed by atoms with Gasteiger partial charge < -0.3 is 33.2 Å². The van der Waals surface area contributed by atoms with Crippen LogP contribution in [-0.2, 0) is 51.2 Å². The molecule has 0 aromatic heterocycles. The summed E-state index contributed by atoms with van der Waals surface area (Å²) in [7, 11) is 0. The molecule has 0 bridgehead atoms. The van der Waals surface area contributed by atoms with E-state index in [-0.39, 0.29) is 13.0 Å². The maximum absolute atomic E-state index is 12.7. The summed E-state index contributed by atoms with van der Waals surface area (Å²) >= 11 is 0. The highest BCUT2D eigenvalue weighted by Crippen LogP contribution is 2.38. The van der Waals surface area contributed by atoms with Gasteiger partial charge in [0, 0.05) is 5.56 Å². The van der Waals surface area contributed by atoms with Gasteiger partial charge in [-0.25, -0.2) is 0 Å². The Hall–Kier alpha value is -3.37. The van der Waals surface area contributed by atoms with Crippen LogP contribution in [0.3, 0.4) is 0 Å². The van der Waals surface area contributed by atoms with E-state index in [1.807, 2.05) is 112 Å². The lowest BCUT2D eigenvalue weighted by molar-refractivity contribution is -0.375. The Kier molecular flexibility index (Phi) is 11.0. The molecule has 3 aromatic carbocycles. The van der Waals surface area contributed by atoms with Crippen molar-refractivity contribution in [3.63, 3.8) is 0 Å². The van der Waals surface area contributed by atoms with Crippen molar-refractivity contribution in [1.82, 2.24) is 0 Å². The predicted molar refractivity (Wildman–Crippen MR) is 164 cm³/mol. The third-order valence-corrected chi connectivity index (χ3v) is 7.29. The van der Waals surface area contributed by atoms with E-state index in [0.717, 1.165) is 16.7 Å². The topological polar surface area (TPSA) is 81.7 Å².